The summed E-state index contributed by atoms with van der Waals surface area (Å²) in [7, 11) is 0. The van der Waals surface area contributed by atoms with E-state index in [9.17, 15) is 9.59 Å². The Morgan fingerprint density at radius 1 is 1.05 bits per heavy atom. The monoisotopic (exact) mass is 280 g/mol. The molecule has 1 aliphatic heterocycles. The predicted molar refractivity (Wildman–Crippen MR) is 77.2 cm³/mol. The Morgan fingerprint density at radius 3 is 2.35 bits per heavy atom. The van der Waals surface area contributed by atoms with Crippen molar-refractivity contribution in [3.63, 3.8) is 0 Å². The molecule has 1 rings (SSSR count). The minimum atomic E-state index is -0.838. The topological polar surface area (TPSA) is 60.9 Å². The number of terminal acetylenes is 1. The molecule has 1 N–H and O–H groups in total. The molecule has 0 aromatic carbocycles. The number of unbranched alkanes of at least 4 members (excludes halogenated alkanes) is 2. The Hall–Kier alpha value is -1.54. The van der Waals surface area contributed by atoms with Gasteiger partial charge in [-0.1, -0.05) is 0 Å². The highest BCUT2D eigenvalue weighted by molar-refractivity contribution is 5.77. The summed E-state index contributed by atoms with van der Waals surface area (Å²) in [4.78, 5) is 26.5. The number of piperazine rings is 1. The molecule has 1 amide bonds. The van der Waals surface area contributed by atoms with E-state index in [0.29, 0.717) is 12.8 Å². The summed E-state index contributed by atoms with van der Waals surface area (Å²) in [5.41, 5.74) is 0. The summed E-state index contributed by atoms with van der Waals surface area (Å²) in [6.07, 6.45) is 9.06. The van der Waals surface area contributed by atoms with Gasteiger partial charge in [-0.05, 0) is 25.8 Å². The third-order valence-electron chi connectivity index (χ3n) is 3.55. The Bertz CT molecular complexity index is 355. The molecular formula is C15H24N2O3. The van der Waals surface area contributed by atoms with E-state index >= 15 is 0 Å². The van der Waals surface area contributed by atoms with Crippen molar-refractivity contribution in [2.75, 3.05) is 32.7 Å². The average Bonchev–Trinajstić information content (AvgIpc) is 2.44. The molecule has 1 fully saturated rings. The van der Waals surface area contributed by atoms with Gasteiger partial charge in [0, 0.05) is 45.4 Å². The van der Waals surface area contributed by atoms with Gasteiger partial charge < -0.3 is 10.0 Å². The zero-order valence-electron chi connectivity index (χ0n) is 12.0. The molecule has 20 heavy (non-hydrogen) atoms. The Kier molecular flexibility index (Phi) is 7.74. The van der Waals surface area contributed by atoms with Gasteiger partial charge in [0.2, 0.25) is 5.91 Å². The van der Waals surface area contributed by atoms with Crippen LogP contribution in [0.3, 0.4) is 0 Å². The molecule has 0 aromatic heterocycles. The van der Waals surface area contributed by atoms with Gasteiger partial charge in [-0.2, -0.15) is 0 Å². The minimum Gasteiger partial charge on any atom is -0.481 e. The number of carboxylic acid groups (broad SMARTS) is 1. The van der Waals surface area contributed by atoms with Crippen molar-refractivity contribution in [3.8, 4) is 12.3 Å². The number of carbonyl (C=O) groups is 2. The number of hydrogen-bond acceptors (Lipinski definition) is 3. The molecule has 1 aliphatic rings. The number of carboxylic acids is 1. The molecule has 0 aliphatic carbocycles. The zero-order chi connectivity index (χ0) is 14.8. The van der Waals surface area contributed by atoms with Crippen LogP contribution in [0.25, 0.3) is 0 Å². The standard InChI is InChI=1S/C15H24N2O3/c1-2-3-4-5-9-16-10-12-17(13-11-16)14(18)7-6-8-15(19)20/h1H,3-13H2,(H,19,20). The lowest BCUT2D eigenvalue weighted by Crippen LogP contribution is -2.48. The average molecular weight is 280 g/mol. The molecule has 1 saturated heterocycles. The highest BCUT2D eigenvalue weighted by Crippen LogP contribution is 2.08. The summed E-state index contributed by atoms with van der Waals surface area (Å²) < 4.78 is 0. The number of rotatable bonds is 8. The third kappa shape index (κ3) is 6.58. The van der Waals surface area contributed by atoms with Crippen LogP contribution in [0.5, 0.6) is 0 Å². The molecule has 5 heteroatoms. The van der Waals surface area contributed by atoms with Gasteiger partial charge in [0.25, 0.3) is 0 Å². The van der Waals surface area contributed by atoms with Crippen molar-refractivity contribution in [2.45, 2.75) is 38.5 Å². The van der Waals surface area contributed by atoms with Crippen LogP contribution in [0, 0.1) is 12.3 Å². The van der Waals surface area contributed by atoms with E-state index in [4.69, 9.17) is 11.5 Å². The molecule has 1 heterocycles. The second-order valence-corrected chi connectivity index (χ2v) is 5.13. The SMILES string of the molecule is C#CCCCCN1CCN(C(=O)CCCC(=O)O)CC1. The van der Waals surface area contributed by atoms with Crippen LogP contribution < -0.4 is 0 Å². The van der Waals surface area contributed by atoms with Gasteiger partial charge in [-0.3, -0.25) is 14.5 Å². The summed E-state index contributed by atoms with van der Waals surface area (Å²) in [6.45, 7) is 4.35. The van der Waals surface area contributed by atoms with Crippen LogP contribution in [0.2, 0.25) is 0 Å². The number of carbonyl (C=O) groups excluding carboxylic acids is 1. The first-order valence-electron chi connectivity index (χ1n) is 7.29. The van der Waals surface area contributed by atoms with Crippen LogP contribution in [-0.2, 0) is 9.59 Å². The van der Waals surface area contributed by atoms with Crippen LogP contribution >= 0.6 is 0 Å². The van der Waals surface area contributed by atoms with Crippen LogP contribution in [-0.4, -0.2) is 59.5 Å². The van der Waals surface area contributed by atoms with E-state index in [0.717, 1.165) is 52.0 Å². The largest absolute Gasteiger partial charge is 0.481 e. The Labute approximate surface area is 120 Å². The summed E-state index contributed by atoms with van der Waals surface area (Å²) in [6, 6.07) is 0. The van der Waals surface area contributed by atoms with Crippen molar-refractivity contribution in [1.82, 2.24) is 9.80 Å². The molecule has 5 nitrogen and oxygen atoms in total. The van der Waals surface area contributed by atoms with Crippen LogP contribution in [0.4, 0.5) is 0 Å². The maximum absolute atomic E-state index is 11.9. The fourth-order valence-corrected chi connectivity index (χ4v) is 2.33. The van der Waals surface area contributed by atoms with Gasteiger partial charge in [-0.25, -0.2) is 0 Å². The molecule has 0 atom stereocenters. The third-order valence-corrected chi connectivity index (χ3v) is 3.55. The van der Waals surface area contributed by atoms with Crippen molar-refractivity contribution in [3.05, 3.63) is 0 Å². The number of amides is 1. The van der Waals surface area contributed by atoms with Crippen molar-refractivity contribution in [2.24, 2.45) is 0 Å². The van der Waals surface area contributed by atoms with E-state index in [1.54, 1.807) is 0 Å². The van der Waals surface area contributed by atoms with Crippen LogP contribution in [0.15, 0.2) is 0 Å². The lowest BCUT2D eigenvalue weighted by Gasteiger charge is -2.34. The van der Waals surface area contributed by atoms with E-state index in [2.05, 4.69) is 10.8 Å². The van der Waals surface area contributed by atoms with E-state index in [1.165, 1.54) is 0 Å². The van der Waals surface area contributed by atoms with E-state index in [1.807, 2.05) is 4.90 Å². The van der Waals surface area contributed by atoms with Crippen molar-refractivity contribution >= 4 is 11.9 Å². The summed E-state index contributed by atoms with van der Waals surface area (Å²) >= 11 is 0. The molecule has 0 spiro atoms. The van der Waals surface area contributed by atoms with Gasteiger partial charge >= 0.3 is 5.97 Å². The van der Waals surface area contributed by atoms with E-state index in [-0.39, 0.29) is 12.3 Å². The molecule has 0 radical (unpaired) electrons. The molecule has 0 bridgehead atoms. The smallest absolute Gasteiger partial charge is 0.303 e. The second-order valence-electron chi connectivity index (χ2n) is 5.13. The lowest BCUT2D eigenvalue weighted by molar-refractivity contribution is -0.137. The fourth-order valence-electron chi connectivity index (χ4n) is 2.33. The predicted octanol–water partition coefficient (Wildman–Crippen LogP) is 1.19. The quantitative estimate of drug-likeness (QED) is 0.536. The van der Waals surface area contributed by atoms with Gasteiger partial charge in [0.1, 0.15) is 0 Å². The number of hydrogen-bond donors (Lipinski definition) is 1. The van der Waals surface area contributed by atoms with Gasteiger partial charge in [0.05, 0.1) is 0 Å². The molecular weight excluding hydrogens is 256 g/mol. The first-order valence-corrected chi connectivity index (χ1v) is 7.29. The number of nitrogens with zero attached hydrogens (tertiary/aromatic N) is 2. The Balaban J connectivity index is 2.13. The highest BCUT2D eigenvalue weighted by atomic mass is 16.4. The van der Waals surface area contributed by atoms with E-state index < -0.39 is 5.97 Å². The maximum atomic E-state index is 11.9. The zero-order valence-corrected chi connectivity index (χ0v) is 12.0. The lowest BCUT2D eigenvalue weighted by atomic mass is 10.2. The van der Waals surface area contributed by atoms with Crippen molar-refractivity contribution in [1.29, 1.82) is 0 Å². The maximum Gasteiger partial charge on any atom is 0.303 e. The Morgan fingerprint density at radius 2 is 1.75 bits per heavy atom. The second kappa shape index (κ2) is 9.38. The molecule has 112 valence electrons. The summed E-state index contributed by atoms with van der Waals surface area (Å²) in [5, 5.41) is 8.55. The molecule has 0 saturated carbocycles. The normalized spacial score (nSPS) is 15.8. The first-order chi connectivity index (χ1) is 9.63. The van der Waals surface area contributed by atoms with Gasteiger partial charge in [-0.15, -0.1) is 12.3 Å². The van der Waals surface area contributed by atoms with Crippen molar-refractivity contribution < 1.29 is 14.7 Å². The van der Waals surface area contributed by atoms with Crippen LogP contribution in [0.1, 0.15) is 38.5 Å². The summed E-state index contributed by atoms with van der Waals surface area (Å²) in [5.74, 6) is 1.89. The fraction of sp³-hybridized carbons (Fsp3) is 0.733. The first kappa shape index (κ1) is 16.5. The molecule has 0 unspecified atom stereocenters. The molecule has 0 aromatic rings. The highest BCUT2D eigenvalue weighted by Gasteiger charge is 2.20. The number of aliphatic carboxylic acids is 1. The minimum absolute atomic E-state index is 0.0703. The van der Waals surface area contributed by atoms with Gasteiger partial charge in [0.15, 0.2) is 0 Å².